The van der Waals surface area contributed by atoms with Gasteiger partial charge in [-0.25, -0.2) is 4.98 Å². The number of hydrogen-bond acceptors (Lipinski definition) is 6. The van der Waals surface area contributed by atoms with Crippen molar-refractivity contribution in [3.63, 3.8) is 0 Å². The van der Waals surface area contributed by atoms with Crippen molar-refractivity contribution in [2.45, 2.75) is 6.92 Å². The van der Waals surface area contributed by atoms with E-state index >= 15 is 0 Å². The van der Waals surface area contributed by atoms with Crippen LogP contribution in [-0.2, 0) is 0 Å². The second kappa shape index (κ2) is 8.31. The number of carbonyl (C=O) groups excluding carboxylic acids is 1. The quantitative estimate of drug-likeness (QED) is 0.636. The fourth-order valence-corrected chi connectivity index (χ4v) is 2.52. The van der Waals surface area contributed by atoms with E-state index in [0.717, 1.165) is 5.75 Å². The van der Waals surface area contributed by atoms with Crippen LogP contribution in [0.2, 0.25) is 0 Å². The van der Waals surface area contributed by atoms with Crippen molar-refractivity contribution in [3.8, 4) is 17.3 Å². The fraction of sp³-hybridized carbons (Fsp3) is 0.263. The molecule has 27 heavy (non-hydrogen) atoms. The van der Waals surface area contributed by atoms with E-state index in [2.05, 4.69) is 15.2 Å². The Bertz CT molecular complexity index is 893. The van der Waals surface area contributed by atoms with E-state index in [1.807, 2.05) is 30.3 Å². The maximum atomic E-state index is 12.8. The highest BCUT2D eigenvalue weighted by atomic mass is 16.5. The normalized spacial score (nSPS) is 10.5. The molecule has 1 aromatic carbocycles. The van der Waals surface area contributed by atoms with Gasteiger partial charge in [0.2, 0.25) is 11.7 Å². The number of nitrogens with zero attached hydrogens (tertiary/aromatic N) is 5. The Morgan fingerprint density at radius 2 is 1.93 bits per heavy atom. The molecule has 8 nitrogen and oxygen atoms in total. The van der Waals surface area contributed by atoms with E-state index < -0.39 is 0 Å². The molecular weight excluding hydrogens is 346 g/mol. The van der Waals surface area contributed by atoms with Gasteiger partial charge in [0.1, 0.15) is 18.2 Å². The summed E-state index contributed by atoms with van der Waals surface area (Å²) in [5.41, 5.74) is 0.690. The van der Waals surface area contributed by atoms with Crippen molar-refractivity contribution in [2.24, 2.45) is 0 Å². The molecule has 0 saturated heterocycles. The van der Waals surface area contributed by atoms with Crippen LogP contribution in [0.15, 0.2) is 48.7 Å². The van der Waals surface area contributed by atoms with Gasteiger partial charge in [-0.15, -0.1) is 10.2 Å². The summed E-state index contributed by atoms with van der Waals surface area (Å²) in [6.07, 6.45) is 1.62. The van der Waals surface area contributed by atoms with Gasteiger partial charge in [0.25, 0.3) is 5.91 Å². The van der Waals surface area contributed by atoms with Crippen molar-refractivity contribution in [3.05, 3.63) is 60.3 Å². The molecule has 8 heteroatoms. The molecule has 0 spiro atoms. The number of methoxy groups -OCH3 is 1. The number of likely N-dealkylation sites (N-methyl/N-ethyl adjacent to an activating group) is 1. The maximum absolute atomic E-state index is 12.8. The summed E-state index contributed by atoms with van der Waals surface area (Å²) in [6.45, 7) is 2.58. The molecule has 3 aromatic rings. The van der Waals surface area contributed by atoms with Crippen LogP contribution in [-0.4, -0.2) is 57.9 Å². The summed E-state index contributed by atoms with van der Waals surface area (Å²) in [6, 6.07) is 13.0. The first-order chi connectivity index (χ1) is 13.1. The molecule has 0 N–H and O–H groups in total. The Hall–Kier alpha value is -3.42. The smallest absolute Gasteiger partial charge is 0.292 e. The number of rotatable bonds is 7. The van der Waals surface area contributed by atoms with Crippen LogP contribution in [0.25, 0.3) is 5.69 Å². The van der Waals surface area contributed by atoms with Crippen LogP contribution in [0.5, 0.6) is 11.6 Å². The number of amides is 1. The van der Waals surface area contributed by atoms with Gasteiger partial charge < -0.3 is 14.4 Å². The summed E-state index contributed by atoms with van der Waals surface area (Å²) in [7, 11) is 3.25. The van der Waals surface area contributed by atoms with Crippen LogP contribution >= 0.6 is 0 Å². The minimum absolute atomic E-state index is 0.224. The van der Waals surface area contributed by atoms with Gasteiger partial charge >= 0.3 is 0 Å². The Labute approximate surface area is 157 Å². The predicted molar refractivity (Wildman–Crippen MR) is 99.3 cm³/mol. The lowest BCUT2D eigenvalue weighted by atomic mass is 10.3. The first-order valence-electron chi connectivity index (χ1n) is 8.46. The summed E-state index contributed by atoms with van der Waals surface area (Å²) < 4.78 is 12.4. The Kier molecular flexibility index (Phi) is 5.65. The van der Waals surface area contributed by atoms with E-state index in [-0.39, 0.29) is 11.7 Å². The Morgan fingerprint density at radius 1 is 1.15 bits per heavy atom. The number of ether oxygens (including phenoxy) is 2. The maximum Gasteiger partial charge on any atom is 0.292 e. The van der Waals surface area contributed by atoms with E-state index in [1.54, 1.807) is 48.9 Å². The van der Waals surface area contributed by atoms with Crippen LogP contribution in [0, 0.1) is 6.92 Å². The number of hydrogen-bond donors (Lipinski definition) is 0. The highest BCUT2D eigenvalue weighted by Gasteiger charge is 2.21. The number of carbonyl (C=O) groups is 1. The number of pyridine rings is 1. The third-order valence-corrected chi connectivity index (χ3v) is 3.99. The Balaban J connectivity index is 1.70. The van der Waals surface area contributed by atoms with Crippen molar-refractivity contribution < 1.29 is 14.3 Å². The average molecular weight is 367 g/mol. The monoisotopic (exact) mass is 367 g/mol. The van der Waals surface area contributed by atoms with Crippen molar-refractivity contribution in [1.29, 1.82) is 0 Å². The van der Waals surface area contributed by atoms with Gasteiger partial charge in [0.15, 0.2) is 0 Å². The molecule has 1 amide bonds. The topological polar surface area (TPSA) is 82.4 Å². The SMILES string of the molecule is COc1ccc(-n2c(C)nnc2C(=O)N(C)CCOc2ccccc2)cn1. The van der Waals surface area contributed by atoms with Crippen LogP contribution in [0.1, 0.15) is 16.4 Å². The van der Waals surface area contributed by atoms with Gasteiger partial charge in [-0.05, 0) is 25.1 Å². The molecule has 140 valence electrons. The zero-order chi connectivity index (χ0) is 19.2. The minimum atomic E-state index is -0.247. The molecule has 0 saturated carbocycles. The largest absolute Gasteiger partial charge is 0.492 e. The minimum Gasteiger partial charge on any atom is -0.492 e. The van der Waals surface area contributed by atoms with Crippen molar-refractivity contribution >= 4 is 5.91 Å². The lowest BCUT2D eigenvalue weighted by molar-refractivity contribution is 0.0759. The molecular formula is C19H21N5O3. The molecule has 3 rings (SSSR count). The number of para-hydroxylation sites is 1. The molecule has 0 bridgehead atoms. The number of aromatic nitrogens is 4. The van der Waals surface area contributed by atoms with E-state index in [9.17, 15) is 4.79 Å². The second-order valence-electron chi connectivity index (χ2n) is 5.85. The lowest BCUT2D eigenvalue weighted by Gasteiger charge is -2.17. The third-order valence-electron chi connectivity index (χ3n) is 3.99. The first-order valence-corrected chi connectivity index (χ1v) is 8.46. The second-order valence-corrected chi connectivity index (χ2v) is 5.85. The molecule has 0 atom stereocenters. The zero-order valence-corrected chi connectivity index (χ0v) is 15.5. The average Bonchev–Trinajstić information content (AvgIpc) is 3.09. The molecule has 0 unspecified atom stereocenters. The summed E-state index contributed by atoms with van der Waals surface area (Å²) >= 11 is 0. The van der Waals surface area contributed by atoms with E-state index in [4.69, 9.17) is 9.47 Å². The standard InChI is InChI=1S/C19H21N5O3/c1-14-21-22-18(24(14)15-9-10-17(26-3)20-13-15)19(25)23(2)11-12-27-16-7-5-4-6-8-16/h4-10,13H,11-12H2,1-3H3. The summed E-state index contributed by atoms with van der Waals surface area (Å²) in [4.78, 5) is 18.6. The van der Waals surface area contributed by atoms with Crippen LogP contribution < -0.4 is 9.47 Å². The summed E-state index contributed by atoms with van der Waals surface area (Å²) in [5, 5.41) is 8.09. The highest BCUT2D eigenvalue weighted by Crippen LogP contribution is 2.16. The van der Waals surface area contributed by atoms with E-state index in [1.165, 1.54) is 0 Å². The number of aryl methyl sites for hydroxylation is 1. The fourth-order valence-electron chi connectivity index (χ4n) is 2.52. The summed E-state index contributed by atoms with van der Waals surface area (Å²) in [5.74, 6) is 1.83. The first kappa shape index (κ1) is 18.4. The number of benzene rings is 1. The zero-order valence-electron chi connectivity index (χ0n) is 15.5. The third kappa shape index (κ3) is 4.22. The van der Waals surface area contributed by atoms with E-state index in [0.29, 0.717) is 30.5 Å². The van der Waals surface area contributed by atoms with Gasteiger partial charge in [0, 0.05) is 13.1 Å². The molecule has 0 aliphatic rings. The predicted octanol–water partition coefficient (Wildman–Crippen LogP) is 2.13. The van der Waals surface area contributed by atoms with Gasteiger partial charge in [0.05, 0.1) is 25.5 Å². The molecule has 0 radical (unpaired) electrons. The van der Waals surface area contributed by atoms with Crippen molar-refractivity contribution in [1.82, 2.24) is 24.6 Å². The molecule has 0 aliphatic carbocycles. The van der Waals surface area contributed by atoms with Crippen LogP contribution in [0.3, 0.4) is 0 Å². The molecule has 2 aromatic heterocycles. The molecule has 2 heterocycles. The van der Waals surface area contributed by atoms with Gasteiger partial charge in [-0.3, -0.25) is 9.36 Å². The molecule has 0 fully saturated rings. The Morgan fingerprint density at radius 3 is 2.59 bits per heavy atom. The van der Waals surface area contributed by atoms with Crippen LogP contribution in [0.4, 0.5) is 0 Å². The van der Waals surface area contributed by atoms with Gasteiger partial charge in [-0.1, -0.05) is 18.2 Å². The molecule has 0 aliphatic heterocycles. The van der Waals surface area contributed by atoms with Gasteiger partial charge in [-0.2, -0.15) is 0 Å². The van der Waals surface area contributed by atoms with Crippen molar-refractivity contribution in [2.75, 3.05) is 27.3 Å². The highest BCUT2D eigenvalue weighted by molar-refractivity contribution is 5.91. The lowest BCUT2D eigenvalue weighted by Crippen LogP contribution is -2.32.